The van der Waals surface area contributed by atoms with Crippen molar-refractivity contribution in [2.24, 2.45) is 0 Å². The van der Waals surface area contributed by atoms with Crippen molar-refractivity contribution in [1.82, 2.24) is 0 Å². The van der Waals surface area contributed by atoms with Crippen molar-refractivity contribution in [3.05, 3.63) is 41.5 Å². The van der Waals surface area contributed by atoms with E-state index in [2.05, 4.69) is 44.2 Å². The summed E-state index contributed by atoms with van der Waals surface area (Å²) in [5, 5.41) is 0. The van der Waals surface area contributed by atoms with Gasteiger partial charge in [-0.15, -0.1) is 0 Å². The van der Waals surface area contributed by atoms with Crippen LogP contribution >= 0.6 is 0 Å². The fraction of sp³-hybridized carbons (Fsp3) is 0.500. The van der Waals surface area contributed by atoms with Crippen LogP contribution in [0.5, 0.6) is 0 Å². The minimum Gasteiger partial charge on any atom is -0.300 e. The zero-order valence-corrected chi connectivity index (χ0v) is 12.1. The van der Waals surface area contributed by atoms with E-state index < -0.39 is 0 Å². The average Bonchev–Trinajstić information content (AvgIpc) is 2.72. The predicted molar refractivity (Wildman–Crippen MR) is 81.2 cm³/mol. The zero-order valence-electron chi connectivity index (χ0n) is 12.1. The monoisotopic (exact) mass is 256 g/mol. The molecule has 0 radical (unpaired) electrons. The molecular formula is C18H24O. The highest BCUT2D eigenvalue weighted by atomic mass is 16.1. The molecule has 1 atom stereocenters. The number of unbranched alkanes of at least 4 members (excludes halogenated alkanes) is 3. The molecule has 1 unspecified atom stereocenters. The van der Waals surface area contributed by atoms with Crippen molar-refractivity contribution >= 4 is 11.4 Å². The summed E-state index contributed by atoms with van der Waals surface area (Å²) in [7, 11) is 0. The third-order valence-electron chi connectivity index (χ3n) is 3.99. The average molecular weight is 256 g/mol. The number of carbonyl (C=O) groups excluding carboxylic acids is 1. The summed E-state index contributed by atoms with van der Waals surface area (Å²) in [5.41, 5.74) is 3.98. The van der Waals surface area contributed by atoms with Gasteiger partial charge in [-0.05, 0) is 30.0 Å². The van der Waals surface area contributed by atoms with Crippen LogP contribution in [0, 0.1) is 0 Å². The summed E-state index contributed by atoms with van der Waals surface area (Å²) >= 11 is 0. The molecule has 102 valence electrons. The van der Waals surface area contributed by atoms with Crippen molar-refractivity contribution in [1.29, 1.82) is 0 Å². The summed E-state index contributed by atoms with van der Waals surface area (Å²) in [6.07, 6.45) is 8.42. The molecule has 0 saturated heterocycles. The first-order valence-corrected chi connectivity index (χ1v) is 7.51. The van der Waals surface area contributed by atoms with Crippen LogP contribution in [0.25, 0.3) is 5.57 Å². The molecule has 0 heterocycles. The highest BCUT2D eigenvalue weighted by Crippen LogP contribution is 2.37. The minimum absolute atomic E-state index is 0.315. The van der Waals surface area contributed by atoms with E-state index in [0.717, 1.165) is 12.8 Å². The standard InChI is InChI=1S/C18H24O/c1-3-4-5-6-9-16(19)13-15-12-14(2)17-10-7-8-11-18(15)17/h7-8,10-12,15H,3-6,9,13H2,1-2H3. The van der Waals surface area contributed by atoms with Gasteiger partial charge in [0.15, 0.2) is 0 Å². The van der Waals surface area contributed by atoms with Gasteiger partial charge in [-0.3, -0.25) is 4.79 Å². The lowest BCUT2D eigenvalue weighted by Crippen LogP contribution is -2.04. The van der Waals surface area contributed by atoms with Gasteiger partial charge in [-0.25, -0.2) is 0 Å². The van der Waals surface area contributed by atoms with Gasteiger partial charge in [-0.1, -0.05) is 56.5 Å². The Kier molecular flexibility index (Phi) is 4.95. The summed E-state index contributed by atoms with van der Waals surface area (Å²) in [6.45, 7) is 4.34. The highest BCUT2D eigenvalue weighted by Gasteiger charge is 2.22. The predicted octanol–water partition coefficient (Wildman–Crippen LogP) is 5.12. The number of carbonyl (C=O) groups is 1. The van der Waals surface area contributed by atoms with E-state index in [1.165, 1.54) is 36.0 Å². The maximum Gasteiger partial charge on any atom is 0.133 e. The number of ketones is 1. The van der Waals surface area contributed by atoms with Crippen LogP contribution in [0.3, 0.4) is 0 Å². The maximum absolute atomic E-state index is 12.0. The Morgan fingerprint density at radius 1 is 1.16 bits per heavy atom. The van der Waals surface area contributed by atoms with E-state index >= 15 is 0 Å². The molecule has 1 aliphatic carbocycles. The molecule has 0 amide bonds. The van der Waals surface area contributed by atoms with E-state index in [4.69, 9.17) is 0 Å². The molecule has 2 rings (SSSR count). The highest BCUT2D eigenvalue weighted by molar-refractivity contribution is 5.82. The molecule has 0 saturated carbocycles. The quantitative estimate of drug-likeness (QED) is 0.619. The number of fused-ring (bicyclic) bond motifs is 1. The van der Waals surface area contributed by atoms with Crippen LogP contribution in [0.1, 0.15) is 69.4 Å². The van der Waals surface area contributed by atoms with Crippen LogP contribution in [0.4, 0.5) is 0 Å². The minimum atomic E-state index is 0.315. The van der Waals surface area contributed by atoms with Gasteiger partial charge in [0.05, 0.1) is 0 Å². The second-order valence-corrected chi connectivity index (χ2v) is 5.60. The molecule has 0 spiro atoms. The summed E-state index contributed by atoms with van der Waals surface area (Å²) < 4.78 is 0. The fourth-order valence-electron chi connectivity index (χ4n) is 2.93. The van der Waals surface area contributed by atoms with Gasteiger partial charge >= 0.3 is 0 Å². The molecule has 1 heteroatoms. The van der Waals surface area contributed by atoms with Gasteiger partial charge in [0.1, 0.15) is 5.78 Å². The number of allylic oxidation sites excluding steroid dienone is 2. The third kappa shape index (κ3) is 3.56. The number of hydrogen-bond donors (Lipinski definition) is 0. The zero-order chi connectivity index (χ0) is 13.7. The maximum atomic E-state index is 12.0. The van der Waals surface area contributed by atoms with Crippen LogP contribution in [-0.4, -0.2) is 5.78 Å². The van der Waals surface area contributed by atoms with Gasteiger partial charge in [0, 0.05) is 18.8 Å². The molecule has 1 aliphatic rings. The van der Waals surface area contributed by atoms with Crippen molar-refractivity contribution in [2.75, 3.05) is 0 Å². The lowest BCUT2D eigenvalue weighted by atomic mass is 9.94. The number of hydrogen-bond acceptors (Lipinski definition) is 1. The molecule has 0 bridgehead atoms. The molecule has 0 aromatic heterocycles. The van der Waals surface area contributed by atoms with Gasteiger partial charge in [0.25, 0.3) is 0 Å². The number of rotatable bonds is 7. The Morgan fingerprint density at radius 2 is 1.95 bits per heavy atom. The Balaban J connectivity index is 1.89. The van der Waals surface area contributed by atoms with Crippen molar-refractivity contribution in [3.8, 4) is 0 Å². The van der Waals surface area contributed by atoms with Crippen LogP contribution in [0.15, 0.2) is 30.3 Å². The first kappa shape index (κ1) is 14.0. The lowest BCUT2D eigenvalue weighted by Gasteiger charge is -2.10. The smallest absolute Gasteiger partial charge is 0.133 e. The second kappa shape index (κ2) is 6.70. The van der Waals surface area contributed by atoms with Crippen molar-refractivity contribution in [2.45, 2.75) is 58.3 Å². The van der Waals surface area contributed by atoms with E-state index in [0.29, 0.717) is 18.1 Å². The Labute approximate surface area is 116 Å². The largest absolute Gasteiger partial charge is 0.300 e. The topological polar surface area (TPSA) is 17.1 Å². The Hall–Kier alpha value is -1.37. The van der Waals surface area contributed by atoms with E-state index in [9.17, 15) is 4.79 Å². The first-order valence-electron chi connectivity index (χ1n) is 7.51. The van der Waals surface area contributed by atoms with Crippen LogP contribution in [0.2, 0.25) is 0 Å². The van der Waals surface area contributed by atoms with E-state index in [1.54, 1.807) is 0 Å². The third-order valence-corrected chi connectivity index (χ3v) is 3.99. The molecule has 0 aliphatic heterocycles. The Bertz CT molecular complexity index is 470. The SMILES string of the molecule is CCCCCCC(=O)CC1C=C(C)c2ccccc21. The summed E-state index contributed by atoms with van der Waals surface area (Å²) in [4.78, 5) is 12.0. The molecule has 1 aromatic rings. The van der Waals surface area contributed by atoms with Gasteiger partial charge < -0.3 is 0 Å². The van der Waals surface area contributed by atoms with E-state index in [1.807, 2.05) is 0 Å². The molecule has 1 nitrogen and oxygen atoms in total. The molecule has 0 N–H and O–H groups in total. The summed E-state index contributed by atoms with van der Waals surface area (Å²) in [5.74, 6) is 0.733. The summed E-state index contributed by atoms with van der Waals surface area (Å²) in [6, 6.07) is 8.47. The van der Waals surface area contributed by atoms with Crippen LogP contribution in [-0.2, 0) is 4.79 Å². The van der Waals surface area contributed by atoms with Gasteiger partial charge in [0.2, 0.25) is 0 Å². The van der Waals surface area contributed by atoms with Gasteiger partial charge in [-0.2, -0.15) is 0 Å². The van der Waals surface area contributed by atoms with Crippen LogP contribution < -0.4 is 0 Å². The number of benzene rings is 1. The van der Waals surface area contributed by atoms with Crippen molar-refractivity contribution < 1.29 is 4.79 Å². The lowest BCUT2D eigenvalue weighted by molar-refractivity contribution is -0.119. The molecule has 0 fully saturated rings. The molecule has 19 heavy (non-hydrogen) atoms. The van der Waals surface area contributed by atoms with E-state index in [-0.39, 0.29) is 0 Å². The Morgan fingerprint density at radius 3 is 2.74 bits per heavy atom. The molecule has 1 aromatic carbocycles. The normalized spacial score (nSPS) is 17.2. The fourth-order valence-corrected chi connectivity index (χ4v) is 2.93. The number of Topliss-reactive ketones (excluding diaryl/α,β-unsaturated/α-hetero) is 1. The molecular weight excluding hydrogens is 232 g/mol. The first-order chi connectivity index (χ1) is 9.22. The van der Waals surface area contributed by atoms with Crippen molar-refractivity contribution in [3.63, 3.8) is 0 Å². The second-order valence-electron chi connectivity index (χ2n) is 5.60.